The fourth-order valence-electron chi connectivity index (χ4n) is 3.12. The van der Waals surface area contributed by atoms with E-state index in [0.29, 0.717) is 11.6 Å². The van der Waals surface area contributed by atoms with Gasteiger partial charge in [-0.1, -0.05) is 30.7 Å². The van der Waals surface area contributed by atoms with E-state index in [9.17, 15) is 12.8 Å². The first-order valence-corrected chi connectivity index (χ1v) is 9.30. The molecule has 3 unspecified atom stereocenters. The number of hydrogen-bond donors (Lipinski definition) is 1. The molecule has 3 rings (SSSR count). The van der Waals surface area contributed by atoms with Crippen LogP contribution in [0.5, 0.6) is 0 Å². The molecular weight excluding hydrogens is 337 g/mol. The van der Waals surface area contributed by atoms with Gasteiger partial charge in [0.15, 0.2) is 9.84 Å². The molecular formula is C17H17ClFNO2S. The molecule has 0 spiro atoms. The standard InChI is InChI=1S/C17H17ClFNO2S/c1-11-10-20-17(16(11)12-2-6-14(19)7-3-12)23(21,22)15-8-4-13(18)5-9-15/h2-9,11,16-17,20H,10H2,1H3. The van der Waals surface area contributed by atoms with Crippen molar-refractivity contribution in [2.45, 2.75) is 23.1 Å². The molecule has 0 radical (unpaired) electrons. The molecule has 3 atom stereocenters. The van der Waals surface area contributed by atoms with Crippen LogP contribution in [0.4, 0.5) is 4.39 Å². The Hall–Kier alpha value is -1.43. The lowest BCUT2D eigenvalue weighted by Crippen LogP contribution is -2.35. The predicted molar refractivity (Wildman–Crippen MR) is 88.7 cm³/mol. The first-order chi connectivity index (χ1) is 10.9. The minimum Gasteiger partial charge on any atom is -0.300 e. The molecule has 2 aromatic carbocycles. The average molecular weight is 354 g/mol. The predicted octanol–water partition coefficient (Wildman–Crippen LogP) is 3.60. The summed E-state index contributed by atoms with van der Waals surface area (Å²) in [5.41, 5.74) is 0.825. The van der Waals surface area contributed by atoms with E-state index in [1.807, 2.05) is 6.92 Å². The lowest BCUT2D eigenvalue weighted by atomic mass is 9.90. The van der Waals surface area contributed by atoms with Crippen LogP contribution in [-0.2, 0) is 9.84 Å². The third-order valence-corrected chi connectivity index (χ3v) is 6.62. The Morgan fingerprint density at radius 1 is 1.09 bits per heavy atom. The average Bonchev–Trinajstić information content (AvgIpc) is 2.91. The van der Waals surface area contributed by atoms with Gasteiger partial charge < -0.3 is 5.32 Å². The summed E-state index contributed by atoms with van der Waals surface area (Å²) in [6, 6.07) is 12.2. The van der Waals surface area contributed by atoms with E-state index in [0.717, 1.165) is 5.56 Å². The van der Waals surface area contributed by atoms with Crippen LogP contribution in [0.25, 0.3) is 0 Å². The van der Waals surface area contributed by atoms with Crippen LogP contribution in [0.2, 0.25) is 5.02 Å². The third kappa shape index (κ3) is 3.13. The van der Waals surface area contributed by atoms with E-state index in [2.05, 4.69) is 5.32 Å². The van der Waals surface area contributed by atoms with E-state index in [1.54, 1.807) is 24.3 Å². The molecule has 122 valence electrons. The van der Waals surface area contributed by atoms with Gasteiger partial charge >= 0.3 is 0 Å². The van der Waals surface area contributed by atoms with Gasteiger partial charge in [0.25, 0.3) is 0 Å². The van der Waals surface area contributed by atoms with Crippen molar-refractivity contribution in [2.75, 3.05) is 6.54 Å². The van der Waals surface area contributed by atoms with Gasteiger partial charge in [0, 0.05) is 10.9 Å². The molecule has 6 heteroatoms. The Labute approximate surface area is 140 Å². The van der Waals surface area contributed by atoms with Crippen molar-refractivity contribution in [3.05, 3.63) is 64.9 Å². The van der Waals surface area contributed by atoms with Gasteiger partial charge in [0.1, 0.15) is 11.2 Å². The lowest BCUT2D eigenvalue weighted by Gasteiger charge is -2.23. The van der Waals surface area contributed by atoms with Crippen LogP contribution < -0.4 is 5.32 Å². The van der Waals surface area contributed by atoms with Gasteiger partial charge in [-0.2, -0.15) is 0 Å². The lowest BCUT2D eigenvalue weighted by molar-refractivity contribution is 0.528. The van der Waals surface area contributed by atoms with Crippen molar-refractivity contribution in [3.8, 4) is 0 Å². The summed E-state index contributed by atoms with van der Waals surface area (Å²) in [5.74, 6) is -0.423. The van der Waals surface area contributed by atoms with Gasteiger partial charge in [-0.05, 0) is 54.4 Å². The highest BCUT2D eigenvalue weighted by Crippen LogP contribution is 2.37. The molecule has 23 heavy (non-hydrogen) atoms. The van der Waals surface area contributed by atoms with Gasteiger partial charge in [-0.25, -0.2) is 12.8 Å². The van der Waals surface area contributed by atoms with Crippen LogP contribution in [-0.4, -0.2) is 20.3 Å². The van der Waals surface area contributed by atoms with Crippen molar-refractivity contribution in [3.63, 3.8) is 0 Å². The maximum absolute atomic E-state index is 13.2. The Bertz CT molecular complexity index is 790. The molecule has 0 saturated carbocycles. The van der Waals surface area contributed by atoms with E-state index in [1.165, 1.54) is 24.3 Å². The zero-order valence-electron chi connectivity index (χ0n) is 12.5. The quantitative estimate of drug-likeness (QED) is 0.917. The van der Waals surface area contributed by atoms with Crippen LogP contribution in [0.1, 0.15) is 18.4 Å². The van der Waals surface area contributed by atoms with Crippen LogP contribution in [0, 0.1) is 11.7 Å². The number of sulfone groups is 1. The summed E-state index contributed by atoms with van der Waals surface area (Å²) >= 11 is 5.84. The number of hydrogen-bond acceptors (Lipinski definition) is 3. The summed E-state index contributed by atoms with van der Waals surface area (Å²) < 4.78 is 39.1. The third-order valence-electron chi connectivity index (χ3n) is 4.31. The van der Waals surface area contributed by atoms with Gasteiger partial charge in [0.05, 0.1) is 4.90 Å². The fourth-order valence-corrected chi connectivity index (χ4v) is 5.18. The molecule has 1 saturated heterocycles. The number of halogens is 2. The summed E-state index contributed by atoms with van der Waals surface area (Å²) in [6.07, 6.45) is 0. The molecule has 0 bridgehead atoms. The largest absolute Gasteiger partial charge is 0.300 e. The molecule has 1 N–H and O–H groups in total. The fraction of sp³-hybridized carbons (Fsp3) is 0.294. The summed E-state index contributed by atoms with van der Waals surface area (Å²) in [7, 11) is -3.56. The normalized spacial score (nSPS) is 24.7. The number of rotatable bonds is 3. The van der Waals surface area contributed by atoms with E-state index >= 15 is 0 Å². The second kappa shape index (κ2) is 6.23. The van der Waals surface area contributed by atoms with Crippen LogP contribution in [0.15, 0.2) is 53.4 Å². The molecule has 1 aliphatic heterocycles. The van der Waals surface area contributed by atoms with Crippen molar-refractivity contribution in [1.82, 2.24) is 5.32 Å². The van der Waals surface area contributed by atoms with E-state index in [-0.39, 0.29) is 22.5 Å². The van der Waals surface area contributed by atoms with Crippen molar-refractivity contribution in [2.24, 2.45) is 5.92 Å². The molecule has 0 aromatic heterocycles. The molecule has 1 aliphatic rings. The van der Waals surface area contributed by atoms with Gasteiger partial charge in [-0.15, -0.1) is 0 Å². The van der Waals surface area contributed by atoms with Crippen LogP contribution >= 0.6 is 11.6 Å². The topological polar surface area (TPSA) is 46.2 Å². The minimum absolute atomic E-state index is 0.132. The van der Waals surface area contributed by atoms with Crippen LogP contribution in [0.3, 0.4) is 0 Å². The molecule has 2 aromatic rings. The van der Waals surface area contributed by atoms with Gasteiger partial charge in [-0.3, -0.25) is 0 Å². The summed E-state index contributed by atoms with van der Waals surface area (Å²) in [6.45, 7) is 2.60. The first kappa shape index (κ1) is 16.4. The Morgan fingerprint density at radius 2 is 1.70 bits per heavy atom. The minimum atomic E-state index is -3.56. The summed E-state index contributed by atoms with van der Waals surface area (Å²) in [5, 5.41) is 2.87. The number of benzene rings is 2. The Balaban J connectivity index is 2.00. The molecule has 3 nitrogen and oxygen atoms in total. The Kier molecular flexibility index (Phi) is 4.45. The number of nitrogens with one attached hydrogen (secondary N) is 1. The highest BCUT2D eigenvalue weighted by Gasteiger charge is 2.42. The maximum Gasteiger partial charge on any atom is 0.194 e. The molecule has 1 fully saturated rings. The molecule has 1 heterocycles. The zero-order valence-corrected chi connectivity index (χ0v) is 14.1. The Morgan fingerprint density at radius 3 is 2.30 bits per heavy atom. The zero-order chi connectivity index (χ0) is 16.6. The first-order valence-electron chi connectivity index (χ1n) is 7.38. The summed E-state index contributed by atoms with van der Waals surface area (Å²) in [4.78, 5) is 0.237. The van der Waals surface area contributed by atoms with E-state index in [4.69, 9.17) is 11.6 Å². The highest BCUT2D eigenvalue weighted by atomic mass is 35.5. The highest BCUT2D eigenvalue weighted by molar-refractivity contribution is 7.92. The monoisotopic (exact) mass is 353 g/mol. The smallest absolute Gasteiger partial charge is 0.194 e. The molecule has 0 amide bonds. The molecule has 0 aliphatic carbocycles. The second-order valence-electron chi connectivity index (χ2n) is 5.88. The van der Waals surface area contributed by atoms with E-state index < -0.39 is 15.2 Å². The van der Waals surface area contributed by atoms with Crippen molar-refractivity contribution in [1.29, 1.82) is 0 Å². The van der Waals surface area contributed by atoms with Crippen molar-refractivity contribution >= 4 is 21.4 Å². The second-order valence-corrected chi connectivity index (χ2v) is 8.39. The SMILES string of the molecule is CC1CNC(S(=O)(=O)c2ccc(Cl)cc2)C1c1ccc(F)cc1. The van der Waals surface area contributed by atoms with Crippen molar-refractivity contribution < 1.29 is 12.8 Å². The maximum atomic E-state index is 13.2. The van der Waals surface area contributed by atoms with Gasteiger partial charge in [0.2, 0.25) is 0 Å².